The van der Waals surface area contributed by atoms with Crippen molar-refractivity contribution in [3.63, 3.8) is 0 Å². The van der Waals surface area contributed by atoms with Gasteiger partial charge in [-0.1, -0.05) is 0 Å². The first-order valence-electron chi connectivity index (χ1n) is 5.24. The van der Waals surface area contributed by atoms with E-state index in [2.05, 4.69) is 5.32 Å². The first kappa shape index (κ1) is 14.4. The maximum Gasteiger partial charge on any atom is 0.248 e. The number of carbonyl (C=O) groups is 2. The molecule has 0 aliphatic rings. The molecule has 18 heavy (non-hydrogen) atoms. The van der Waals surface area contributed by atoms with E-state index < -0.39 is 23.0 Å². The third-order valence-corrected chi connectivity index (χ3v) is 3.12. The molecular weight excluding hydrogens is 259 g/mol. The highest BCUT2D eigenvalue weighted by atomic mass is 35.5. The van der Waals surface area contributed by atoms with Crippen molar-refractivity contribution in [2.24, 2.45) is 11.1 Å². The van der Waals surface area contributed by atoms with Gasteiger partial charge in [-0.3, -0.25) is 9.59 Å². The van der Waals surface area contributed by atoms with Crippen LogP contribution < -0.4 is 11.1 Å². The lowest BCUT2D eigenvalue weighted by Crippen LogP contribution is -2.32. The predicted molar refractivity (Wildman–Crippen MR) is 68.0 cm³/mol. The van der Waals surface area contributed by atoms with Gasteiger partial charge in [-0.25, -0.2) is 4.39 Å². The van der Waals surface area contributed by atoms with E-state index in [1.807, 2.05) is 0 Å². The van der Waals surface area contributed by atoms with E-state index in [-0.39, 0.29) is 17.1 Å². The van der Waals surface area contributed by atoms with Crippen molar-refractivity contribution >= 4 is 29.1 Å². The van der Waals surface area contributed by atoms with E-state index in [0.717, 1.165) is 6.07 Å². The molecule has 1 aromatic rings. The van der Waals surface area contributed by atoms with Gasteiger partial charge in [-0.05, 0) is 32.0 Å². The lowest BCUT2D eigenvalue weighted by molar-refractivity contribution is -0.123. The smallest absolute Gasteiger partial charge is 0.248 e. The van der Waals surface area contributed by atoms with Crippen molar-refractivity contribution < 1.29 is 14.0 Å². The van der Waals surface area contributed by atoms with Gasteiger partial charge in [-0.2, -0.15) is 0 Å². The zero-order chi connectivity index (χ0) is 13.9. The maximum atomic E-state index is 13.5. The summed E-state index contributed by atoms with van der Waals surface area (Å²) in [6.45, 7) is 3.26. The van der Waals surface area contributed by atoms with Crippen molar-refractivity contribution in [2.75, 3.05) is 11.2 Å². The summed E-state index contributed by atoms with van der Waals surface area (Å²) < 4.78 is 13.5. The molecule has 4 nitrogen and oxygen atoms in total. The Hall–Kier alpha value is -1.62. The molecule has 1 rings (SSSR count). The van der Waals surface area contributed by atoms with Crippen molar-refractivity contribution in [1.82, 2.24) is 0 Å². The summed E-state index contributed by atoms with van der Waals surface area (Å²) >= 11 is 5.65. The number of nitrogens with one attached hydrogen (secondary N) is 1. The van der Waals surface area contributed by atoms with Crippen LogP contribution in [0.25, 0.3) is 0 Å². The summed E-state index contributed by atoms with van der Waals surface area (Å²) in [5, 5.41) is 2.39. The molecule has 0 radical (unpaired) electrons. The van der Waals surface area contributed by atoms with Crippen LogP contribution in [0.1, 0.15) is 24.2 Å². The number of halogens is 2. The standard InChI is InChI=1S/C12H14ClFN2O2/c1-12(2,6-13)11(18)16-9-5-7(10(15)17)3-4-8(9)14/h3-5H,6H2,1-2H3,(H2,15,17)(H,16,18). The van der Waals surface area contributed by atoms with E-state index in [9.17, 15) is 14.0 Å². The molecule has 0 aliphatic carbocycles. The second kappa shape index (κ2) is 5.35. The topological polar surface area (TPSA) is 72.2 Å². The Kier molecular flexibility index (Phi) is 4.29. The Morgan fingerprint density at radius 3 is 2.56 bits per heavy atom. The average Bonchev–Trinajstić information content (AvgIpc) is 2.31. The Morgan fingerprint density at radius 2 is 2.06 bits per heavy atom. The zero-order valence-corrected chi connectivity index (χ0v) is 10.8. The second-order valence-electron chi connectivity index (χ2n) is 4.53. The van der Waals surface area contributed by atoms with Crippen LogP contribution in [0.4, 0.5) is 10.1 Å². The van der Waals surface area contributed by atoms with Crippen molar-refractivity contribution in [1.29, 1.82) is 0 Å². The maximum absolute atomic E-state index is 13.5. The third kappa shape index (κ3) is 3.20. The van der Waals surface area contributed by atoms with Gasteiger partial charge in [0.15, 0.2) is 0 Å². The number of benzene rings is 1. The summed E-state index contributed by atoms with van der Waals surface area (Å²) in [6, 6.07) is 3.52. The SMILES string of the molecule is CC(C)(CCl)C(=O)Nc1cc(C(N)=O)ccc1F. The second-order valence-corrected chi connectivity index (χ2v) is 4.80. The van der Waals surface area contributed by atoms with Crippen LogP contribution >= 0.6 is 11.6 Å². The minimum absolute atomic E-state index is 0.0884. The molecule has 0 heterocycles. The highest BCUT2D eigenvalue weighted by molar-refractivity contribution is 6.20. The zero-order valence-electron chi connectivity index (χ0n) is 10.1. The highest BCUT2D eigenvalue weighted by Crippen LogP contribution is 2.22. The first-order chi connectivity index (χ1) is 8.27. The number of primary amides is 1. The normalized spacial score (nSPS) is 11.1. The number of amides is 2. The van der Waals surface area contributed by atoms with Gasteiger partial charge < -0.3 is 11.1 Å². The molecule has 0 saturated carbocycles. The van der Waals surface area contributed by atoms with E-state index in [1.165, 1.54) is 12.1 Å². The molecule has 0 atom stereocenters. The number of hydrogen-bond donors (Lipinski definition) is 2. The van der Waals surface area contributed by atoms with E-state index >= 15 is 0 Å². The van der Waals surface area contributed by atoms with Gasteiger partial charge >= 0.3 is 0 Å². The lowest BCUT2D eigenvalue weighted by atomic mass is 9.95. The molecule has 1 aromatic carbocycles. The molecule has 6 heteroatoms. The van der Waals surface area contributed by atoms with Gasteiger partial charge in [0.2, 0.25) is 11.8 Å². The van der Waals surface area contributed by atoms with E-state index in [4.69, 9.17) is 17.3 Å². The summed E-state index contributed by atoms with van der Waals surface area (Å²) in [5.74, 6) is -1.67. The number of anilines is 1. The number of hydrogen-bond acceptors (Lipinski definition) is 2. The molecule has 0 saturated heterocycles. The van der Waals surface area contributed by atoms with Crippen LogP contribution in [0.5, 0.6) is 0 Å². The van der Waals surface area contributed by atoms with E-state index in [1.54, 1.807) is 13.8 Å². The van der Waals surface area contributed by atoms with Crippen molar-refractivity contribution in [2.45, 2.75) is 13.8 Å². The van der Waals surface area contributed by atoms with Crippen molar-refractivity contribution in [3.8, 4) is 0 Å². The fourth-order valence-electron chi connectivity index (χ4n) is 1.13. The number of nitrogens with two attached hydrogens (primary N) is 1. The van der Waals surface area contributed by atoms with Crippen LogP contribution in [-0.4, -0.2) is 17.7 Å². The minimum Gasteiger partial charge on any atom is -0.366 e. The van der Waals surface area contributed by atoms with E-state index in [0.29, 0.717) is 0 Å². The van der Waals surface area contributed by atoms with Gasteiger partial charge in [0.25, 0.3) is 0 Å². The minimum atomic E-state index is -0.837. The molecule has 0 unspecified atom stereocenters. The molecule has 3 N–H and O–H groups in total. The Labute approximate surface area is 109 Å². The van der Waals surface area contributed by atoms with Crippen LogP contribution in [0.3, 0.4) is 0 Å². The average molecular weight is 273 g/mol. The Balaban J connectivity index is 3.01. The van der Waals surface area contributed by atoms with Crippen LogP contribution in [0.2, 0.25) is 0 Å². The van der Waals surface area contributed by atoms with Crippen LogP contribution in [0.15, 0.2) is 18.2 Å². The van der Waals surface area contributed by atoms with Gasteiger partial charge in [0.1, 0.15) is 5.82 Å². The molecule has 0 spiro atoms. The molecule has 0 bridgehead atoms. The fraction of sp³-hybridized carbons (Fsp3) is 0.333. The summed E-state index contributed by atoms with van der Waals surface area (Å²) in [7, 11) is 0. The molecule has 0 aromatic heterocycles. The highest BCUT2D eigenvalue weighted by Gasteiger charge is 2.27. The first-order valence-corrected chi connectivity index (χ1v) is 5.78. The number of carbonyl (C=O) groups excluding carboxylic acids is 2. The van der Waals surface area contributed by atoms with Crippen LogP contribution in [-0.2, 0) is 4.79 Å². The largest absolute Gasteiger partial charge is 0.366 e. The predicted octanol–water partition coefficient (Wildman–Crippen LogP) is 2.13. The third-order valence-electron chi connectivity index (χ3n) is 2.45. The number of rotatable bonds is 4. The summed E-state index contributed by atoms with van der Waals surface area (Å²) in [6.07, 6.45) is 0. The van der Waals surface area contributed by atoms with Gasteiger partial charge in [0.05, 0.1) is 11.1 Å². The molecule has 0 fully saturated rings. The Bertz CT molecular complexity index is 489. The van der Waals surface area contributed by atoms with Crippen molar-refractivity contribution in [3.05, 3.63) is 29.6 Å². The van der Waals surface area contributed by atoms with Gasteiger partial charge in [0, 0.05) is 11.4 Å². The summed E-state index contributed by atoms with van der Waals surface area (Å²) in [4.78, 5) is 22.8. The quantitative estimate of drug-likeness (QED) is 0.824. The Morgan fingerprint density at radius 1 is 1.44 bits per heavy atom. The lowest BCUT2D eigenvalue weighted by Gasteiger charge is -2.20. The molecule has 98 valence electrons. The molecular formula is C12H14ClFN2O2. The molecule has 0 aliphatic heterocycles. The summed E-state index contributed by atoms with van der Waals surface area (Å²) in [5.41, 5.74) is 4.28. The fourth-order valence-corrected chi connectivity index (χ4v) is 1.25. The monoisotopic (exact) mass is 272 g/mol. The molecule has 2 amide bonds. The van der Waals surface area contributed by atoms with Crippen LogP contribution in [0, 0.1) is 11.2 Å². The van der Waals surface area contributed by atoms with Gasteiger partial charge in [-0.15, -0.1) is 11.6 Å². The number of alkyl halides is 1.